The van der Waals surface area contributed by atoms with E-state index in [0.29, 0.717) is 0 Å². The van der Waals surface area contributed by atoms with E-state index in [1.807, 2.05) is 0 Å². The first-order valence-electron chi connectivity index (χ1n) is 7.50. The highest BCUT2D eigenvalue weighted by atomic mass is 16.2. The molecule has 1 aliphatic carbocycles. The topological polar surface area (TPSA) is 86.8 Å². The SMILES string of the molecule is O=C(NC1CCCN(c2ncnc3[nH]ncc23)C1)C1CC1. The minimum absolute atomic E-state index is 0.212. The van der Waals surface area contributed by atoms with Gasteiger partial charge in [0.05, 0.1) is 11.6 Å². The number of nitrogens with one attached hydrogen (secondary N) is 2. The second-order valence-electron chi connectivity index (χ2n) is 5.90. The van der Waals surface area contributed by atoms with Gasteiger partial charge in [-0.15, -0.1) is 0 Å². The smallest absolute Gasteiger partial charge is 0.223 e. The van der Waals surface area contributed by atoms with Gasteiger partial charge in [0.25, 0.3) is 0 Å². The molecule has 2 aromatic rings. The highest BCUT2D eigenvalue weighted by molar-refractivity contribution is 5.86. The number of carbonyl (C=O) groups is 1. The Hall–Kier alpha value is -2.18. The summed E-state index contributed by atoms with van der Waals surface area (Å²) in [6.07, 6.45) is 7.50. The van der Waals surface area contributed by atoms with Crippen LogP contribution >= 0.6 is 0 Å². The zero-order valence-electron chi connectivity index (χ0n) is 11.7. The van der Waals surface area contributed by atoms with Gasteiger partial charge in [-0.25, -0.2) is 9.97 Å². The van der Waals surface area contributed by atoms with E-state index < -0.39 is 0 Å². The van der Waals surface area contributed by atoms with E-state index in [9.17, 15) is 4.79 Å². The second kappa shape index (κ2) is 4.98. The van der Waals surface area contributed by atoms with Gasteiger partial charge in [0.1, 0.15) is 12.1 Å². The maximum Gasteiger partial charge on any atom is 0.223 e. The van der Waals surface area contributed by atoms with E-state index in [4.69, 9.17) is 0 Å². The average molecular weight is 286 g/mol. The Balaban J connectivity index is 1.52. The molecular weight excluding hydrogens is 268 g/mol. The average Bonchev–Trinajstić information content (AvgIpc) is 3.25. The van der Waals surface area contributed by atoms with E-state index in [0.717, 1.165) is 55.6 Å². The molecule has 1 aliphatic heterocycles. The molecule has 4 rings (SSSR count). The normalized spacial score (nSPS) is 22.5. The van der Waals surface area contributed by atoms with Crippen LogP contribution in [0.1, 0.15) is 25.7 Å². The molecule has 110 valence electrons. The van der Waals surface area contributed by atoms with E-state index in [1.165, 1.54) is 0 Å². The number of H-pyrrole nitrogens is 1. The quantitative estimate of drug-likeness (QED) is 0.873. The number of carbonyl (C=O) groups excluding carboxylic acids is 1. The predicted molar refractivity (Wildman–Crippen MR) is 77.8 cm³/mol. The van der Waals surface area contributed by atoms with Crippen molar-refractivity contribution in [3.63, 3.8) is 0 Å². The van der Waals surface area contributed by atoms with Gasteiger partial charge in [0, 0.05) is 25.0 Å². The maximum atomic E-state index is 11.9. The van der Waals surface area contributed by atoms with Crippen molar-refractivity contribution in [3.05, 3.63) is 12.5 Å². The molecule has 1 unspecified atom stereocenters. The summed E-state index contributed by atoms with van der Waals surface area (Å²) in [5, 5.41) is 11.0. The molecule has 2 aromatic heterocycles. The van der Waals surface area contributed by atoms with Crippen molar-refractivity contribution < 1.29 is 4.79 Å². The molecule has 2 fully saturated rings. The Morgan fingerprint density at radius 2 is 2.24 bits per heavy atom. The summed E-state index contributed by atoms with van der Waals surface area (Å²) in [6, 6.07) is 0.212. The third-order valence-corrected chi connectivity index (χ3v) is 4.24. The molecular formula is C14H18N6O. The van der Waals surface area contributed by atoms with Crippen molar-refractivity contribution >= 4 is 22.8 Å². The van der Waals surface area contributed by atoms with Crippen LogP contribution < -0.4 is 10.2 Å². The Labute approximate surface area is 122 Å². The fraction of sp³-hybridized carbons (Fsp3) is 0.571. The maximum absolute atomic E-state index is 11.9. The lowest BCUT2D eigenvalue weighted by Gasteiger charge is -2.34. The number of aromatic amines is 1. The highest BCUT2D eigenvalue weighted by Crippen LogP contribution is 2.30. The molecule has 2 aliphatic rings. The van der Waals surface area contributed by atoms with Crippen LogP contribution in [0.2, 0.25) is 0 Å². The van der Waals surface area contributed by atoms with E-state index in [1.54, 1.807) is 12.5 Å². The molecule has 0 aromatic carbocycles. The number of fused-ring (bicyclic) bond motifs is 1. The minimum Gasteiger partial charge on any atom is -0.354 e. The number of nitrogens with zero attached hydrogens (tertiary/aromatic N) is 4. The Morgan fingerprint density at radius 3 is 3.10 bits per heavy atom. The summed E-state index contributed by atoms with van der Waals surface area (Å²) in [4.78, 5) is 22.7. The van der Waals surface area contributed by atoms with Crippen LogP contribution in [0.25, 0.3) is 11.0 Å². The van der Waals surface area contributed by atoms with Gasteiger partial charge >= 0.3 is 0 Å². The highest BCUT2D eigenvalue weighted by Gasteiger charge is 2.32. The van der Waals surface area contributed by atoms with Crippen LogP contribution in [0.4, 0.5) is 5.82 Å². The number of piperidine rings is 1. The van der Waals surface area contributed by atoms with Crippen molar-refractivity contribution in [2.45, 2.75) is 31.7 Å². The third-order valence-electron chi connectivity index (χ3n) is 4.24. The zero-order chi connectivity index (χ0) is 14.2. The number of amides is 1. The standard InChI is InChI=1S/C14H18N6O/c21-14(9-3-4-9)18-10-2-1-5-20(7-10)13-11-6-17-19-12(11)15-8-16-13/h6,8-10H,1-5,7H2,(H,18,21)(H,15,16,17,19). The van der Waals surface area contributed by atoms with Crippen molar-refractivity contribution in [2.75, 3.05) is 18.0 Å². The largest absolute Gasteiger partial charge is 0.354 e. The number of anilines is 1. The summed E-state index contributed by atoms with van der Waals surface area (Å²) in [5.74, 6) is 1.39. The number of rotatable bonds is 3. The lowest BCUT2D eigenvalue weighted by molar-refractivity contribution is -0.123. The van der Waals surface area contributed by atoms with Crippen LogP contribution in [0, 0.1) is 5.92 Å². The molecule has 3 heterocycles. The fourth-order valence-corrected chi connectivity index (χ4v) is 2.96. The summed E-state index contributed by atoms with van der Waals surface area (Å²) >= 11 is 0. The Kier molecular flexibility index (Phi) is 2.98. The van der Waals surface area contributed by atoms with Crippen molar-refractivity contribution in [1.29, 1.82) is 0 Å². The van der Waals surface area contributed by atoms with Crippen LogP contribution in [-0.2, 0) is 4.79 Å². The van der Waals surface area contributed by atoms with Crippen LogP contribution in [0.15, 0.2) is 12.5 Å². The van der Waals surface area contributed by atoms with Gasteiger partial charge in [0.2, 0.25) is 5.91 Å². The van der Waals surface area contributed by atoms with Gasteiger partial charge in [-0.05, 0) is 25.7 Å². The predicted octanol–water partition coefficient (Wildman–Crippen LogP) is 0.848. The number of aromatic nitrogens is 4. The summed E-state index contributed by atoms with van der Waals surface area (Å²) in [7, 11) is 0. The third kappa shape index (κ3) is 2.43. The lowest BCUT2D eigenvalue weighted by Crippen LogP contribution is -2.48. The van der Waals surface area contributed by atoms with E-state index in [-0.39, 0.29) is 17.9 Å². The van der Waals surface area contributed by atoms with Crippen molar-refractivity contribution in [2.24, 2.45) is 5.92 Å². The van der Waals surface area contributed by atoms with Crippen molar-refractivity contribution in [3.8, 4) is 0 Å². The molecule has 1 atom stereocenters. The van der Waals surface area contributed by atoms with Crippen LogP contribution in [-0.4, -0.2) is 45.2 Å². The molecule has 0 bridgehead atoms. The molecule has 2 N–H and O–H groups in total. The monoisotopic (exact) mass is 286 g/mol. The van der Waals surface area contributed by atoms with Crippen LogP contribution in [0.3, 0.4) is 0 Å². The first-order valence-corrected chi connectivity index (χ1v) is 7.50. The first kappa shape index (κ1) is 12.6. The molecule has 0 spiro atoms. The van der Waals surface area contributed by atoms with Gasteiger partial charge in [0.15, 0.2) is 5.65 Å². The summed E-state index contributed by atoms with van der Waals surface area (Å²) < 4.78 is 0. The summed E-state index contributed by atoms with van der Waals surface area (Å²) in [6.45, 7) is 1.75. The minimum atomic E-state index is 0.212. The van der Waals surface area contributed by atoms with Gasteiger partial charge < -0.3 is 10.2 Å². The van der Waals surface area contributed by atoms with E-state index >= 15 is 0 Å². The zero-order valence-corrected chi connectivity index (χ0v) is 11.7. The van der Waals surface area contributed by atoms with Crippen LogP contribution in [0.5, 0.6) is 0 Å². The fourth-order valence-electron chi connectivity index (χ4n) is 2.96. The van der Waals surface area contributed by atoms with E-state index in [2.05, 4.69) is 30.4 Å². The van der Waals surface area contributed by atoms with Gasteiger partial charge in [-0.2, -0.15) is 5.10 Å². The first-order chi connectivity index (χ1) is 10.3. The number of hydrogen-bond acceptors (Lipinski definition) is 5. The Bertz CT molecular complexity index is 664. The molecule has 0 radical (unpaired) electrons. The molecule has 1 saturated heterocycles. The van der Waals surface area contributed by atoms with Gasteiger partial charge in [-0.1, -0.05) is 0 Å². The van der Waals surface area contributed by atoms with Gasteiger partial charge in [-0.3, -0.25) is 9.89 Å². The molecule has 7 heteroatoms. The number of hydrogen-bond donors (Lipinski definition) is 2. The van der Waals surface area contributed by atoms with Crippen molar-refractivity contribution in [1.82, 2.24) is 25.5 Å². The molecule has 1 saturated carbocycles. The second-order valence-corrected chi connectivity index (χ2v) is 5.90. The summed E-state index contributed by atoms with van der Waals surface area (Å²) in [5.41, 5.74) is 0.754. The molecule has 21 heavy (non-hydrogen) atoms. The Morgan fingerprint density at radius 1 is 1.33 bits per heavy atom. The molecule has 7 nitrogen and oxygen atoms in total. The lowest BCUT2D eigenvalue weighted by atomic mass is 10.1. The molecule has 1 amide bonds.